The van der Waals surface area contributed by atoms with Crippen LogP contribution < -0.4 is 16.4 Å². The number of pyridine rings is 1. The van der Waals surface area contributed by atoms with Gasteiger partial charge in [-0.05, 0) is 80.4 Å². The SMILES string of the molecule is Cc1nc2ccc(-c3cccc(N4CCOCC4)c3)nc2n1-c1ccc(C2(N)CCC2)cc1.N=C/C=C\N. The van der Waals surface area contributed by atoms with Gasteiger partial charge in [0, 0.05) is 41.8 Å². The van der Waals surface area contributed by atoms with E-state index in [1.165, 1.54) is 29.9 Å². The smallest absolute Gasteiger partial charge is 0.165 e. The number of aryl methyl sites for hydroxylation is 1. The van der Waals surface area contributed by atoms with Crippen LogP contribution in [0.15, 0.2) is 72.9 Å². The number of allylic oxidation sites excluding steroid dienone is 1. The van der Waals surface area contributed by atoms with Gasteiger partial charge in [-0.25, -0.2) is 9.97 Å². The first-order chi connectivity index (χ1) is 18.5. The molecule has 0 bridgehead atoms. The highest BCUT2D eigenvalue weighted by molar-refractivity contribution is 5.79. The fourth-order valence-electron chi connectivity index (χ4n) is 5.07. The molecule has 1 saturated carbocycles. The van der Waals surface area contributed by atoms with Crippen molar-refractivity contribution in [1.29, 1.82) is 5.41 Å². The van der Waals surface area contributed by atoms with E-state index >= 15 is 0 Å². The summed E-state index contributed by atoms with van der Waals surface area (Å²) in [7, 11) is 0. The number of fused-ring (bicyclic) bond motifs is 1. The Bertz CT molecular complexity index is 1430. The van der Waals surface area contributed by atoms with E-state index in [1.54, 1.807) is 0 Å². The first-order valence-electron chi connectivity index (χ1n) is 13.1. The zero-order chi connectivity index (χ0) is 26.5. The third-order valence-electron chi connectivity index (χ3n) is 7.34. The summed E-state index contributed by atoms with van der Waals surface area (Å²) in [5.41, 5.74) is 18.5. The van der Waals surface area contributed by atoms with E-state index in [1.807, 2.05) is 6.92 Å². The largest absolute Gasteiger partial charge is 0.405 e. The van der Waals surface area contributed by atoms with Crippen LogP contribution in [0.1, 0.15) is 30.7 Å². The predicted octanol–water partition coefficient (Wildman–Crippen LogP) is 4.68. The van der Waals surface area contributed by atoms with Crippen LogP contribution in [0.4, 0.5) is 5.69 Å². The number of nitrogens with two attached hydrogens (primary N) is 2. The van der Waals surface area contributed by atoms with Gasteiger partial charge >= 0.3 is 0 Å². The molecule has 0 atom stereocenters. The van der Waals surface area contributed by atoms with E-state index in [4.69, 9.17) is 31.6 Å². The van der Waals surface area contributed by atoms with Gasteiger partial charge in [-0.1, -0.05) is 24.3 Å². The molecule has 2 aromatic heterocycles. The zero-order valence-electron chi connectivity index (χ0n) is 21.8. The number of ether oxygens (including phenoxy) is 1. The lowest BCUT2D eigenvalue weighted by Gasteiger charge is -2.38. The van der Waals surface area contributed by atoms with Crippen LogP contribution in [0.3, 0.4) is 0 Å². The summed E-state index contributed by atoms with van der Waals surface area (Å²) in [6, 6.07) is 21.4. The lowest BCUT2D eigenvalue weighted by atomic mass is 9.73. The van der Waals surface area contributed by atoms with Gasteiger partial charge in [0.2, 0.25) is 0 Å². The summed E-state index contributed by atoms with van der Waals surface area (Å²) >= 11 is 0. The molecule has 1 aliphatic heterocycles. The molecule has 3 heterocycles. The molecule has 0 radical (unpaired) electrons. The second-order valence-electron chi connectivity index (χ2n) is 9.79. The van der Waals surface area contributed by atoms with Crippen molar-refractivity contribution in [2.75, 3.05) is 31.2 Å². The average Bonchev–Trinajstić information content (AvgIpc) is 3.28. The van der Waals surface area contributed by atoms with Crippen molar-refractivity contribution < 1.29 is 4.74 Å². The fraction of sp³-hybridized carbons (Fsp3) is 0.300. The minimum Gasteiger partial charge on any atom is -0.405 e. The maximum Gasteiger partial charge on any atom is 0.165 e. The number of nitrogens with zero attached hydrogens (tertiary/aromatic N) is 4. The molecule has 0 unspecified atom stereocenters. The Morgan fingerprint density at radius 2 is 1.74 bits per heavy atom. The van der Waals surface area contributed by atoms with Gasteiger partial charge in [0.1, 0.15) is 11.3 Å². The number of hydrogen-bond donors (Lipinski definition) is 3. The quantitative estimate of drug-likeness (QED) is 0.336. The topological polar surface area (TPSA) is 119 Å². The number of imidazole rings is 1. The van der Waals surface area contributed by atoms with Crippen LogP contribution in [-0.2, 0) is 10.3 Å². The van der Waals surface area contributed by atoms with Gasteiger partial charge in [0.15, 0.2) is 5.65 Å². The molecule has 196 valence electrons. The van der Waals surface area contributed by atoms with Gasteiger partial charge < -0.3 is 26.5 Å². The van der Waals surface area contributed by atoms with Gasteiger partial charge in [0.05, 0.1) is 18.9 Å². The molecular formula is C30H35N7O. The number of aromatic nitrogens is 3. The fourth-order valence-corrected chi connectivity index (χ4v) is 5.07. The Morgan fingerprint density at radius 1 is 0.974 bits per heavy atom. The third-order valence-corrected chi connectivity index (χ3v) is 7.34. The normalized spacial score (nSPS) is 16.6. The molecule has 6 rings (SSSR count). The predicted molar refractivity (Wildman–Crippen MR) is 154 cm³/mol. The van der Waals surface area contributed by atoms with Crippen LogP contribution in [0.5, 0.6) is 0 Å². The van der Waals surface area contributed by atoms with Gasteiger partial charge in [-0.2, -0.15) is 0 Å². The second kappa shape index (κ2) is 11.2. The van der Waals surface area contributed by atoms with E-state index in [2.05, 4.69) is 70.1 Å². The van der Waals surface area contributed by atoms with Crippen LogP contribution in [0.25, 0.3) is 28.1 Å². The number of rotatable bonds is 5. The standard InChI is InChI=1S/C27H29N5O.C3H6N2/c1-19-29-25-11-10-24(20-4-2-5-23(18-20)31-14-16-33-17-15-31)30-26(25)32(19)22-8-6-21(7-9-22)27(28)12-3-13-27;4-2-1-3-5/h2,4-11,18H,3,12-17,28H2,1H3;1-4H,5H2/b;3-1-,4-2?. The Morgan fingerprint density at radius 3 is 2.37 bits per heavy atom. The molecule has 2 aromatic carbocycles. The summed E-state index contributed by atoms with van der Waals surface area (Å²) in [4.78, 5) is 12.2. The van der Waals surface area contributed by atoms with Crippen LogP contribution in [0.2, 0.25) is 0 Å². The minimum atomic E-state index is -0.151. The zero-order valence-corrected chi connectivity index (χ0v) is 21.8. The number of hydrogen-bond acceptors (Lipinski definition) is 7. The first kappa shape index (κ1) is 25.6. The van der Waals surface area contributed by atoms with Crippen molar-refractivity contribution in [2.45, 2.75) is 31.7 Å². The van der Waals surface area contributed by atoms with E-state index in [9.17, 15) is 0 Å². The highest BCUT2D eigenvalue weighted by Gasteiger charge is 2.34. The number of benzene rings is 2. The molecule has 38 heavy (non-hydrogen) atoms. The summed E-state index contributed by atoms with van der Waals surface area (Å²) in [6.07, 6.45) is 7.22. The molecule has 5 N–H and O–H groups in total. The molecule has 0 spiro atoms. The van der Waals surface area contributed by atoms with E-state index < -0.39 is 0 Å². The van der Waals surface area contributed by atoms with E-state index in [0.717, 1.165) is 79.3 Å². The average molecular weight is 510 g/mol. The molecule has 2 fully saturated rings. The van der Waals surface area contributed by atoms with Gasteiger partial charge in [-0.15, -0.1) is 0 Å². The molecule has 4 aromatic rings. The number of nitrogens with one attached hydrogen (secondary N) is 1. The van der Waals surface area contributed by atoms with Crippen molar-refractivity contribution in [3.8, 4) is 16.9 Å². The Labute approximate surface area is 223 Å². The molecule has 8 heteroatoms. The molecule has 1 saturated heterocycles. The lowest BCUT2D eigenvalue weighted by Crippen LogP contribution is -2.43. The maximum absolute atomic E-state index is 6.52. The molecule has 1 aliphatic carbocycles. The summed E-state index contributed by atoms with van der Waals surface area (Å²) < 4.78 is 7.64. The molecule has 2 aliphatic rings. The van der Waals surface area contributed by atoms with Gasteiger partial charge in [0.25, 0.3) is 0 Å². The minimum absolute atomic E-state index is 0.151. The summed E-state index contributed by atoms with van der Waals surface area (Å²) in [5.74, 6) is 0.926. The van der Waals surface area contributed by atoms with Crippen LogP contribution in [-0.4, -0.2) is 47.1 Å². The van der Waals surface area contributed by atoms with Crippen LogP contribution >= 0.6 is 0 Å². The molecular weight excluding hydrogens is 474 g/mol. The van der Waals surface area contributed by atoms with Gasteiger partial charge in [-0.3, -0.25) is 4.57 Å². The second-order valence-corrected chi connectivity index (χ2v) is 9.79. The Hall–Kier alpha value is -4.01. The number of morpholine rings is 1. The van der Waals surface area contributed by atoms with Crippen molar-refractivity contribution in [3.05, 3.63) is 84.3 Å². The highest BCUT2D eigenvalue weighted by Crippen LogP contribution is 2.39. The van der Waals surface area contributed by atoms with Crippen LogP contribution in [0, 0.1) is 12.3 Å². The Kier molecular flexibility index (Phi) is 7.53. The van der Waals surface area contributed by atoms with E-state index in [0.29, 0.717) is 0 Å². The summed E-state index contributed by atoms with van der Waals surface area (Å²) in [6.45, 7) is 5.42. The Balaban J connectivity index is 0.000000540. The van der Waals surface area contributed by atoms with Crippen molar-refractivity contribution >= 4 is 23.1 Å². The third kappa shape index (κ3) is 5.18. The lowest BCUT2D eigenvalue weighted by molar-refractivity contribution is 0.122. The number of anilines is 1. The van der Waals surface area contributed by atoms with Crippen molar-refractivity contribution in [3.63, 3.8) is 0 Å². The molecule has 8 nitrogen and oxygen atoms in total. The maximum atomic E-state index is 6.52. The monoisotopic (exact) mass is 509 g/mol. The molecule has 0 amide bonds. The van der Waals surface area contributed by atoms with E-state index in [-0.39, 0.29) is 5.54 Å². The van der Waals surface area contributed by atoms with Crippen molar-refractivity contribution in [1.82, 2.24) is 14.5 Å². The van der Waals surface area contributed by atoms with Crippen molar-refractivity contribution in [2.24, 2.45) is 11.5 Å². The summed E-state index contributed by atoms with van der Waals surface area (Å²) in [5, 5.41) is 6.31. The first-order valence-corrected chi connectivity index (χ1v) is 13.1. The highest BCUT2D eigenvalue weighted by atomic mass is 16.5.